The van der Waals surface area contributed by atoms with Gasteiger partial charge in [0.05, 0.1) is 16.8 Å². The quantitative estimate of drug-likeness (QED) is 0.842. The van der Waals surface area contributed by atoms with Crippen molar-refractivity contribution in [2.45, 2.75) is 45.4 Å². The van der Waals surface area contributed by atoms with Gasteiger partial charge in [-0.2, -0.15) is 0 Å². The van der Waals surface area contributed by atoms with Gasteiger partial charge in [-0.1, -0.05) is 23.5 Å². The standard InChI is InChI=1S/C21H25N3O2S/c1-12-3-2-4-16-18(12)24-20(27-16)23-17(25)11-22-19(26)21-8-13-5-14(9-21)7-15(6-13)10-21/h2-4,13-15H,5-11H2,1H3,(H,22,26)(H,23,24,25). The van der Waals surface area contributed by atoms with Crippen LogP contribution < -0.4 is 10.6 Å². The second-order valence-corrected chi connectivity index (χ2v) is 9.90. The molecule has 0 spiro atoms. The highest BCUT2D eigenvalue weighted by Crippen LogP contribution is 2.60. The van der Waals surface area contributed by atoms with E-state index in [0.717, 1.165) is 52.8 Å². The van der Waals surface area contributed by atoms with Crippen molar-refractivity contribution in [1.29, 1.82) is 0 Å². The lowest BCUT2D eigenvalue weighted by atomic mass is 9.49. The van der Waals surface area contributed by atoms with E-state index in [0.29, 0.717) is 5.13 Å². The fourth-order valence-electron chi connectivity index (χ4n) is 6.04. The van der Waals surface area contributed by atoms with Gasteiger partial charge in [0, 0.05) is 5.41 Å². The lowest BCUT2D eigenvalue weighted by molar-refractivity contribution is -0.146. The summed E-state index contributed by atoms with van der Waals surface area (Å²) >= 11 is 1.47. The Labute approximate surface area is 162 Å². The zero-order chi connectivity index (χ0) is 18.6. The van der Waals surface area contributed by atoms with Crippen LogP contribution in [0.3, 0.4) is 0 Å². The number of hydrogen-bond acceptors (Lipinski definition) is 4. The van der Waals surface area contributed by atoms with Gasteiger partial charge < -0.3 is 10.6 Å². The van der Waals surface area contributed by atoms with Crippen LogP contribution in [0, 0.1) is 30.1 Å². The molecule has 0 atom stereocenters. The molecule has 6 heteroatoms. The van der Waals surface area contributed by atoms with Gasteiger partial charge in [-0.25, -0.2) is 4.98 Å². The number of nitrogens with zero attached hydrogens (tertiary/aromatic N) is 1. The Balaban J connectivity index is 1.21. The molecule has 4 aliphatic carbocycles. The van der Waals surface area contributed by atoms with E-state index in [1.54, 1.807) is 0 Å². The molecule has 1 aromatic heterocycles. The summed E-state index contributed by atoms with van der Waals surface area (Å²) in [4.78, 5) is 29.8. The van der Waals surface area contributed by atoms with Crippen molar-refractivity contribution >= 4 is 38.5 Å². The molecular formula is C21H25N3O2S. The average Bonchev–Trinajstić information content (AvgIpc) is 3.02. The van der Waals surface area contributed by atoms with Crippen LogP contribution in [0.2, 0.25) is 0 Å². The highest BCUT2D eigenvalue weighted by atomic mass is 32.1. The molecule has 0 radical (unpaired) electrons. The first-order valence-electron chi connectivity index (χ1n) is 9.95. The maximum atomic E-state index is 12.9. The number of thiazole rings is 1. The monoisotopic (exact) mass is 383 g/mol. The summed E-state index contributed by atoms with van der Waals surface area (Å²) < 4.78 is 1.06. The second kappa shape index (κ2) is 6.30. The first-order valence-corrected chi connectivity index (χ1v) is 10.8. The van der Waals surface area contributed by atoms with E-state index in [1.165, 1.54) is 30.6 Å². The average molecular weight is 384 g/mol. The summed E-state index contributed by atoms with van der Waals surface area (Å²) in [6, 6.07) is 6.01. The normalized spacial score (nSPS) is 31.2. The Bertz CT molecular complexity index is 884. The Morgan fingerprint density at radius 1 is 1.15 bits per heavy atom. The minimum atomic E-state index is -0.206. The molecule has 27 heavy (non-hydrogen) atoms. The topological polar surface area (TPSA) is 71.1 Å². The minimum Gasteiger partial charge on any atom is -0.347 e. The van der Waals surface area contributed by atoms with Gasteiger partial charge in [0.15, 0.2) is 5.13 Å². The Hall–Kier alpha value is -1.95. The summed E-state index contributed by atoms with van der Waals surface area (Å²) in [5.74, 6) is 2.06. The molecule has 0 aliphatic heterocycles. The Morgan fingerprint density at radius 2 is 1.81 bits per heavy atom. The molecule has 142 valence electrons. The maximum absolute atomic E-state index is 12.9. The smallest absolute Gasteiger partial charge is 0.245 e. The van der Waals surface area contributed by atoms with Gasteiger partial charge in [-0.05, 0) is 74.8 Å². The summed E-state index contributed by atoms with van der Waals surface area (Å²) in [5.41, 5.74) is 1.82. The molecule has 0 saturated heterocycles. The van der Waals surface area contributed by atoms with E-state index in [4.69, 9.17) is 0 Å². The van der Waals surface area contributed by atoms with E-state index >= 15 is 0 Å². The largest absolute Gasteiger partial charge is 0.347 e. The molecule has 6 rings (SSSR count). The van der Waals surface area contributed by atoms with Crippen molar-refractivity contribution in [2.75, 3.05) is 11.9 Å². The van der Waals surface area contributed by atoms with E-state index in [9.17, 15) is 9.59 Å². The molecule has 2 aromatic rings. The number of anilines is 1. The van der Waals surface area contributed by atoms with Crippen molar-refractivity contribution < 1.29 is 9.59 Å². The molecule has 4 saturated carbocycles. The molecule has 1 aromatic carbocycles. The Kier molecular flexibility index (Phi) is 4.00. The van der Waals surface area contributed by atoms with Crippen molar-refractivity contribution in [1.82, 2.24) is 10.3 Å². The maximum Gasteiger partial charge on any atom is 0.245 e. The molecule has 4 bridgehead atoms. The highest BCUT2D eigenvalue weighted by molar-refractivity contribution is 7.22. The van der Waals surface area contributed by atoms with Crippen molar-refractivity contribution in [3.8, 4) is 0 Å². The zero-order valence-corrected chi connectivity index (χ0v) is 16.4. The van der Waals surface area contributed by atoms with Crippen LogP contribution >= 0.6 is 11.3 Å². The number of aromatic nitrogens is 1. The number of amides is 2. The summed E-state index contributed by atoms with van der Waals surface area (Å²) in [7, 11) is 0. The first kappa shape index (κ1) is 17.2. The molecule has 4 fully saturated rings. The predicted octanol–water partition coefficient (Wildman–Crippen LogP) is 3.88. The number of carbonyl (C=O) groups excluding carboxylic acids is 2. The third-order valence-corrected chi connectivity index (χ3v) is 7.73. The van der Waals surface area contributed by atoms with Gasteiger partial charge in [-0.15, -0.1) is 0 Å². The van der Waals surface area contributed by atoms with Crippen LogP contribution in [0.4, 0.5) is 5.13 Å². The number of rotatable bonds is 4. The van der Waals surface area contributed by atoms with E-state index in [-0.39, 0.29) is 23.8 Å². The van der Waals surface area contributed by atoms with Crippen LogP contribution in [0.1, 0.15) is 44.1 Å². The third kappa shape index (κ3) is 3.04. The van der Waals surface area contributed by atoms with Crippen LogP contribution in [0.15, 0.2) is 18.2 Å². The first-order chi connectivity index (χ1) is 13.0. The van der Waals surface area contributed by atoms with Gasteiger partial charge in [0.2, 0.25) is 11.8 Å². The molecule has 2 N–H and O–H groups in total. The predicted molar refractivity (Wildman–Crippen MR) is 107 cm³/mol. The van der Waals surface area contributed by atoms with Crippen LogP contribution in [0.5, 0.6) is 0 Å². The summed E-state index contributed by atoms with van der Waals surface area (Å²) in [5, 5.41) is 6.36. The number of nitrogens with one attached hydrogen (secondary N) is 2. The fraction of sp³-hybridized carbons (Fsp3) is 0.571. The second-order valence-electron chi connectivity index (χ2n) is 8.87. The zero-order valence-electron chi connectivity index (χ0n) is 15.6. The Morgan fingerprint density at radius 3 is 2.44 bits per heavy atom. The highest BCUT2D eigenvalue weighted by Gasteiger charge is 2.54. The summed E-state index contributed by atoms with van der Waals surface area (Å²) in [6.07, 6.45) is 6.98. The number of aryl methyl sites for hydroxylation is 1. The van der Waals surface area contributed by atoms with Crippen molar-refractivity contribution in [3.63, 3.8) is 0 Å². The number of hydrogen-bond donors (Lipinski definition) is 2. The number of para-hydroxylation sites is 1. The van der Waals surface area contributed by atoms with Gasteiger partial charge >= 0.3 is 0 Å². The molecule has 4 aliphatic rings. The molecule has 1 heterocycles. The number of benzene rings is 1. The van der Waals surface area contributed by atoms with Crippen LogP contribution in [0.25, 0.3) is 10.2 Å². The minimum absolute atomic E-state index is 0.0233. The van der Waals surface area contributed by atoms with E-state index in [2.05, 4.69) is 15.6 Å². The van der Waals surface area contributed by atoms with E-state index < -0.39 is 0 Å². The number of carbonyl (C=O) groups is 2. The molecule has 2 amide bonds. The number of fused-ring (bicyclic) bond motifs is 1. The molecule has 5 nitrogen and oxygen atoms in total. The van der Waals surface area contributed by atoms with Gasteiger partial charge in [0.1, 0.15) is 0 Å². The van der Waals surface area contributed by atoms with Crippen LogP contribution in [-0.4, -0.2) is 23.3 Å². The van der Waals surface area contributed by atoms with Gasteiger partial charge in [0.25, 0.3) is 0 Å². The third-order valence-electron chi connectivity index (χ3n) is 6.80. The molecule has 0 unspecified atom stereocenters. The lowest BCUT2D eigenvalue weighted by Gasteiger charge is -2.55. The van der Waals surface area contributed by atoms with Crippen molar-refractivity contribution in [2.24, 2.45) is 23.2 Å². The van der Waals surface area contributed by atoms with Crippen molar-refractivity contribution in [3.05, 3.63) is 23.8 Å². The molecular weight excluding hydrogens is 358 g/mol. The SMILES string of the molecule is Cc1cccc2sc(NC(=O)CNC(=O)C34CC5CC(CC(C5)C3)C4)nc12. The lowest BCUT2D eigenvalue weighted by Crippen LogP contribution is -2.54. The summed E-state index contributed by atoms with van der Waals surface area (Å²) in [6.45, 7) is 2.04. The van der Waals surface area contributed by atoms with Gasteiger partial charge in [-0.3, -0.25) is 9.59 Å². The van der Waals surface area contributed by atoms with Crippen LogP contribution in [-0.2, 0) is 9.59 Å². The van der Waals surface area contributed by atoms with E-state index in [1.807, 2.05) is 25.1 Å². The fourth-order valence-corrected chi connectivity index (χ4v) is 7.00.